The number of nitrogens with zero attached hydrogens (tertiary/aromatic N) is 1. The highest BCUT2D eigenvalue weighted by Crippen LogP contribution is 2.20. The summed E-state index contributed by atoms with van der Waals surface area (Å²) in [4.78, 5) is 32.0. The lowest BCUT2D eigenvalue weighted by Gasteiger charge is -2.05. The SMILES string of the molecule is CCCCCCCCCSC(=O)c1ccc(-c2nc3ccccc3c(=O)[nH]2)cc1. The van der Waals surface area contributed by atoms with Crippen LogP contribution in [0.15, 0.2) is 53.3 Å². The van der Waals surface area contributed by atoms with Gasteiger partial charge in [-0.25, -0.2) is 4.98 Å². The van der Waals surface area contributed by atoms with Crippen LogP contribution in [0, 0.1) is 0 Å². The van der Waals surface area contributed by atoms with Gasteiger partial charge in [0.15, 0.2) is 0 Å². The topological polar surface area (TPSA) is 62.8 Å². The third-order valence-electron chi connectivity index (χ3n) is 4.99. The van der Waals surface area contributed by atoms with Crippen molar-refractivity contribution in [3.63, 3.8) is 0 Å². The largest absolute Gasteiger partial charge is 0.306 e. The normalized spacial score (nSPS) is 11.1. The molecule has 5 heteroatoms. The first-order valence-corrected chi connectivity index (χ1v) is 11.4. The molecule has 0 saturated carbocycles. The van der Waals surface area contributed by atoms with Gasteiger partial charge >= 0.3 is 0 Å². The molecule has 29 heavy (non-hydrogen) atoms. The molecule has 0 aliphatic rings. The number of para-hydroxylation sites is 1. The Labute approximate surface area is 176 Å². The second-order valence-electron chi connectivity index (χ2n) is 7.27. The van der Waals surface area contributed by atoms with E-state index in [4.69, 9.17) is 0 Å². The van der Waals surface area contributed by atoms with Crippen molar-refractivity contribution < 1.29 is 4.79 Å². The molecular weight excluding hydrogens is 380 g/mol. The van der Waals surface area contributed by atoms with E-state index >= 15 is 0 Å². The molecule has 0 unspecified atom stereocenters. The summed E-state index contributed by atoms with van der Waals surface area (Å²) in [5, 5.41) is 0.673. The second kappa shape index (κ2) is 11.0. The van der Waals surface area contributed by atoms with Crippen LogP contribution in [0.3, 0.4) is 0 Å². The van der Waals surface area contributed by atoms with Gasteiger partial charge in [-0.1, -0.05) is 81.5 Å². The minimum Gasteiger partial charge on any atom is -0.306 e. The number of rotatable bonds is 10. The molecule has 0 radical (unpaired) electrons. The molecule has 3 rings (SSSR count). The van der Waals surface area contributed by atoms with E-state index in [-0.39, 0.29) is 10.7 Å². The second-order valence-corrected chi connectivity index (χ2v) is 8.33. The molecule has 1 heterocycles. The summed E-state index contributed by atoms with van der Waals surface area (Å²) in [6.07, 6.45) is 8.78. The van der Waals surface area contributed by atoms with Gasteiger partial charge in [0.25, 0.3) is 5.56 Å². The quantitative estimate of drug-likeness (QED) is 0.405. The Morgan fingerprint density at radius 3 is 2.38 bits per heavy atom. The smallest absolute Gasteiger partial charge is 0.259 e. The van der Waals surface area contributed by atoms with Crippen molar-refractivity contribution in [3.05, 3.63) is 64.4 Å². The number of carbonyl (C=O) groups is 1. The molecule has 2 aromatic carbocycles. The Balaban J connectivity index is 1.53. The molecule has 0 aliphatic carbocycles. The molecule has 152 valence electrons. The first-order valence-electron chi connectivity index (χ1n) is 10.5. The number of nitrogens with one attached hydrogen (secondary N) is 1. The number of H-pyrrole nitrogens is 1. The number of hydrogen-bond acceptors (Lipinski definition) is 4. The Morgan fingerprint density at radius 1 is 0.931 bits per heavy atom. The molecule has 0 bridgehead atoms. The van der Waals surface area contributed by atoms with Crippen molar-refractivity contribution in [2.24, 2.45) is 0 Å². The molecule has 0 saturated heterocycles. The number of carbonyl (C=O) groups excluding carboxylic acids is 1. The van der Waals surface area contributed by atoms with Gasteiger partial charge in [-0.05, 0) is 30.7 Å². The molecule has 0 aliphatic heterocycles. The molecule has 1 N–H and O–H groups in total. The minimum atomic E-state index is -0.156. The summed E-state index contributed by atoms with van der Waals surface area (Å²) < 4.78 is 0. The summed E-state index contributed by atoms with van der Waals surface area (Å²) in [6, 6.07) is 14.6. The predicted octanol–water partition coefficient (Wildman–Crippen LogP) is 6.21. The van der Waals surface area contributed by atoms with E-state index in [0.717, 1.165) is 17.7 Å². The average Bonchev–Trinajstić information content (AvgIpc) is 2.75. The van der Waals surface area contributed by atoms with Gasteiger partial charge in [-0.2, -0.15) is 0 Å². The lowest BCUT2D eigenvalue weighted by Crippen LogP contribution is -2.09. The van der Waals surface area contributed by atoms with E-state index in [1.807, 2.05) is 42.5 Å². The van der Waals surface area contributed by atoms with Crippen molar-refractivity contribution in [1.29, 1.82) is 0 Å². The van der Waals surface area contributed by atoms with Gasteiger partial charge in [-0.15, -0.1) is 0 Å². The van der Waals surface area contributed by atoms with Gasteiger partial charge < -0.3 is 4.98 Å². The lowest BCUT2D eigenvalue weighted by molar-refractivity contribution is 0.108. The van der Waals surface area contributed by atoms with Crippen molar-refractivity contribution >= 4 is 27.8 Å². The summed E-state index contributed by atoms with van der Waals surface area (Å²) in [5.74, 6) is 1.39. The molecule has 1 aromatic heterocycles. The zero-order valence-electron chi connectivity index (χ0n) is 16.9. The molecule has 3 aromatic rings. The highest BCUT2D eigenvalue weighted by Gasteiger charge is 2.09. The predicted molar refractivity (Wildman–Crippen MR) is 123 cm³/mol. The first-order chi connectivity index (χ1) is 14.2. The summed E-state index contributed by atoms with van der Waals surface area (Å²) in [6.45, 7) is 2.23. The van der Waals surface area contributed by atoms with Crippen LogP contribution in [-0.2, 0) is 0 Å². The Kier molecular flexibility index (Phi) is 8.05. The van der Waals surface area contributed by atoms with Gasteiger partial charge in [0.1, 0.15) is 5.82 Å². The summed E-state index contributed by atoms with van der Waals surface area (Å²) in [5.41, 5.74) is 1.99. The number of thioether (sulfide) groups is 1. The Hall–Kier alpha value is -2.40. The number of fused-ring (bicyclic) bond motifs is 1. The minimum absolute atomic E-state index is 0.0995. The van der Waals surface area contributed by atoms with E-state index < -0.39 is 0 Å². The lowest BCUT2D eigenvalue weighted by atomic mass is 10.1. The van der Waals surface area contributed by atoms with Crippen molar-refractivity contribution in [1.82, 2.24) is 9.97 Å². The van der Waals surface area contributed by atoms with Crippen LogP contribution < -0.4 is 5.56 Å². The molecular formula is C24H28N2O2S. The van der Waals surface area contributed by atoms with Crippen LogP contribution in [0.25, 0.3) is 22.3 Å². The maximum absolute atomic E-state index is 12.4. The van der Waals surface area contributed by atoms with E-state index in [1.54, 1.807) is 6.07 Å². The highest BCUT2D eigenvalue weighted by molar-refractivity contribution is 8.14. The van der Waals surface area contributed by atoms with Gasteiger partial charge in [0, 0.05) is 16.9 Å². The monoisotopic (exact) mass is 408 g/mol. The third-order valence-corrected chi connectivity index (χ3v) is 5.98. The number of aromatic nitrogens is 2. The fourth-order valence-electron chi connectivity index (χ4n) is 3.29. The molecule has 4 nitrogen and oxygen atoms in total. The van der Waals surface area contributed by atoms with Gasteiger partial charge in [0.2, 0.25) is 5.12 Å². The average molecular weight is 409 g/mol. The van der Waals surface area contributed by atoms with Crippen LogP contribution in [0.4, 0.5) is 0 Å². The van der Waals surface area contributed by atoms with Crippen LogP contribution in [-0.4, -0.2) is 20.8 Å². The van der Waals surface area contributed by atoms with Crippen molar-refractivity contribution in [3.8, 4) is 11.4 Å². The van der Waals surface area contributed by atoms with E-state index in [1.165, 1.54) is 50.3 Å². The Bertz CT molecular complexity index is 996. The molecule has 0 atom stereocenters. The van der Waals surface area contributed by atoms with E-state index in [2.05, 4.69) is 16.9 Å². The molecule has 0 amide bonds. The van der Waals surface area contributed by atoms with Gasteiger partial charge in [-0.3, -0.25) is 9.59 Å². The third kappa shape index (κ3) is 6.04. The van der Waals surface area contributed by atoms with Crippen LogP contribution in [0.1, 0.15) is 62.2 Å². The summed E-state index contributed by atoms with van der Waals surface area (Å²) in [7, 11) is 0. The number of aromatic amines is 1. The zero-order valence-corrected chi connectivity index (χ0v) is 17.8. The highest BCUT2D eigenvalue weighted by atomic mass is 32.2. The van der Waals surface area contributed by atoms with Crippen molar-refractivity contribution in [2.45, 2.75) is 51.9 Å². The standard InChI is InChI=1S/C24H28N2O2S/c1-2-3-4-5-6-7-10-17-29-24(28)19-15-13-18(14-16-19)22-25-21-12-9-8-11-20(21)23(27)26-22/h8-9,11-16H,2-7,10,17H2,1H3,(H,25,26,27). The van der Waals surface area contributed by atoms with E-state index in [0.29, 0.717) is 22.3 Å². The van der Waals surface area contributed by atoms with E-state index in [9.17, 15) is 9.59 Å². The van der Waals surface area contributed by atoms with Crippen LogP contribution in [0.5, 0.6) is 0 Å². The molecule has 0 spiro atoms. The van der Waals surface area contributed by atoms with Gasteiger partial charge in [0.05, 0.1) is 10.9 Å². The number of benzene rings is 2. The maximum atomic E-state index is 12.4. The summed E-state index contributed by atoms with van der Waals surface area (Å²) >= 11 is 1.39. The fraction of sp³-hybridized carbons (Fsp3) is 0.375. The number of hydrogen-bond donors (Lipinski definition) is 1. The zero-order chi connectivity index (χ0) is 20.5. The van der Waals surface area contributed by atoms with Crippen LogP contribution >= 0.6 is 11.8 Å². The molecule has 0 fully saturated rings. The first kappa shape index (κ1) is 21.3. The fourth-order valence-corrected chi connectivity index (χ4v) is 4.13. The van der Waals surface area contributed by atoms with Crippen LogP contribution in [0.2, 0.25) is 0 Å². The maximum Gasteiger partial charge on any atom is 0.259 e. The van der Waals surface area contributed by atoms with Crippen molar-refractivity contribution in [2.75, 3.05) is 5.75 Å². The number of unbranched alkanes of at least 4 members (excludes halogenated alkanes) is 6. The Morgan fingerprint density at radius 2 is 1.62 bits per heavy atom.